The van der Waals surface area contributed by atoms with Gasteiger partial charge in [0.05, 0.1) is 5.92 Å². The van der Waals surface area contributed by atoms with Gasteiger partial charge in [0.15, 0.2) is 0 Å². The van der Waals surface area contributed by atoms with E-state index in [4.69, 9.17) is 5.11 Å². The molecule has 1 fully saturated rings. The van der Waals surface area contributed by atoms with Crippen LogP contribution in [0.25, 0.3) is 0 Å². The van der Waals surface area contributed by atoms with Crippen molar-refractivity contribution < 1.29 is 14.7 Å². The third-order valence-electron chi connectivity index (χ3n) is 3.49. The standard InChI is InChI=1S/C13H16N2O4/c1-15-6-2-3-10(12(15)17)11(16)14-9-5-4-8(7-9)13(18)19/h2-3,6,8-9H,4-5,7H2,1H3,(H,14,16)(H,18,19)/t8-,9+/m1/s1. The second-order valence-corrected chi connectivity index (χ2v) is 4.86. The maximum atomic E-state index is 12.0. The van der Waals surface area contributed by atoms with Crippen LogP contribution in [-0.4, -0.2) is 27.6 Å². The van der Waals surface area contributed by atoms with Gasteiger partial charge in [0, 0.05) is 19.3 Å². The number of carbonyl (C=O) groups is 2. The Bertz CT molecular complexity index is 564. The topological polar surface area (TPSA) is 88.4 Å². The Morgan fingerprint density at radius 3 is 2.79 bits per heavy atom. The number of carbonyl (C=O) groups excluding carboxylic acids is 1. The normalized spacial score (nSPS) is 22.2. The second-order valence-electron chi connectivity index (χ2n) is 4.86. The van der Waals surface area contributed by atoms with E-state index in [0.29, 0.717) is 19.3 Å². The first-order valence-electron chi connectivity index (χ1n) is 6.18. The van der Waals surface area contributed by atoms with Crippen LogP contribution >= 0.6 is 0 Å². The largest absolute Gasteiger partial charge is 0.481 e. The summed E-state index contributed by atoms with van der Waals surface area (Å²) in [5, 5.41) is 11.6. The summed E-state index contributed by atoms with van der Waals surface area (Å²) in [6.07, 6.45) is 3.20. The summed E-state index contributed by atoms with van der Waals surface area (Å²) in [5.41, 5.74) is -0.267. The molecule has 1 aliphatic carbocycles. The van der Waals surface area contributed by atoms with E-state index in [1.54, 1.807) is 19.3 Å². The summed E-state index contributed by atoms with van der Waals surface area (Å²) in [5.74, 6) is -1.66. The van der Waals surface area contributed by atoms with Crippen LogP contribution in [0.4, 0.5) is 0 Å². The predicted molar refractivity (Wildman–Crippen MR) is 67.9 cm³/mol. The van der Waals surface area contributed by atoms with Gasteiger partial charge in [-0.3, -0.25) is 14.4 Å². The first-order valence-corrected chi connectivity index (χ1v) is 6.18. The van der Waals surface area contributed by atoms with Gasteiger partial charge in [0.1, 0.15) is 5.56 Å². The van der Waals surface area contributed by atoms with Gasteiger partial charge in [0.2, 0.25) is 0 Å². The first kappa shape index (κ1) is 13.3. The Morgan fingerprint density at radius 1 is 1.42 bits per heavy atom. The van der Waals surface area contributed by atoms with E-state index in [-0.39, 0.29) is 17.2 Å². The van der Waals surface area contributed by atoms with Gasteiger partial charge >= 0.3 is 5.97 Å². The van der Waals surface area contributed by atoms with Crippen molar-refractivity contribution in [3.8, 4) is 0 Å². The molecule has 0 aliphatic heterocycles. The number of aromatic nitrogens is 1. The van der Waals surface area contributed by atoms with Crippen molar-refractivity contribution >= 4 is 11.9 Å². The number of hydrogen-bond acceptors (Lipinski definition) is 3. The fraction of sp³-hybridized carbons (Fsp3) is 0.462. The van der Waals surface area contributed by atoms with Crippen LogP contribution in [-0.2, 0) is 11.8 Å². The Labute approximate surface area is 110 Å². The molecule has 2 atom stereocenters. The van der Waals surface area contributed by atoms with Gasteiger partial charge in [0.25, 0.3) is 11.5 Å². The first-order chi connectivity index (χ1) is 8.99. The number of nitrogens with one attached hydrogen (secondary N) is 1. The van der Waals surface area contributed by atoms with Gasteiger partial charge in [-0.25, -0.2) is 0 Å². The lowest BCUT2D eigenvalue weighted by Crippen LogP contribution is -2.37. The molecule has 1 saturated carbocycles. The molecule has 2 rings (SSSR count). The number of nitrogens with zero attached hydrogens (tertiary/aromatic N) is 1. The number of aliphatic carboxylic acids is 1. The van der Waals surface area contributed by atoms with Crippen molar-refractivity contribution in [2.45, 2.75) is 25.3 Å². The Morgan fingerprint density at radius 2 is 2.16 bits per heavy atom. The molecule has 0 bridgehead atoms. The highest BCUT2D eigenvalue weighted by atomic mass is 16.4. The van der Waals surface area contributed by atoms with Crippen LogP contribution in [0.2, 0.25) is 0 Å². The maximum absolute atomic E-state index is 12.0. The van der Waals surface area contributed by atoms with E-state index < -0.39 is 17.8 Å². The fourth-order valence-corrected chi connectivity index (χ4v) is 2.37. The van der Waals surface area contributed by atoms with Crippen molar-refractivity contribution in [2.24, 2.45) is 13.0 Å². The molecule has 0 aromatic carbocycles. The number of hydrogen-bond donors (Lipinski definition) is 2. The molecule has 6 nitrogen and oxygen atoms in total. The number of carboxylic acid groups (broad SMARTS) is 1. The summed E-state index contributed by atoms with van der Waals surface area (Å²) < 4.78 is 1.34. The number of pyridine rings is 1. The summed E-state index contributed by atoms with van der Waals surface area (Å²) in [4.78, 5) is 34.6. The molecule has 0 unspecified atom stereocenters. The summed E-state index contributed by atoms with van der Waals surface area (Å²) >= 11 is 0. The molecule has 19 heavy (non-hydrogen) atoms. The molecule has 1 aromatic rings. The minimum absolute atomic E-state index is 0.0868. The molecule has 1 amide bonds. The zero-order valence-electron chi connectivity index (χ0n) is 10.6. The van der Waals surface area contributed by atoms with Gasteiger partial charge in [-0.2, -0.15) is 0 Å². The van der Waals surface area contributed by atoms with Gasteiger partial charge in [-0.05, 0) is 31.4 Å². The van der Waals surface area contributed by atoms with E-state index in [1.807, 2.05) is 0 Å². The lowest BCUT2D eigenvalue weighted by atomic mass is 10.1. The monoisotopic (exact) mass is 264 g/mol. The van der Waals surface area contributed by atoms with Crippen LogP contribution in [0.5, 0.6) is 0 Å². The van der Waals surface area contributed by atoms with E-state index in [2.05, 4.69) is 5.32 Å². The Hall–Kier alpha value is -2.11. The third-order valence-corrected chi connectivity index (χ3v) is 3.49. The van der Waals surface area contributed by atoms with Gasteiger partial charge < -0.3 is 15.0 Å². The number of amides is 1. The average molecular weight is 264 g/mol. The predicted octanol–water partition coefficient (Wildman–Crippen LogP) is 0.368. The zero-order valence-corrected chi connectivity index (χ0v) is 10.6. The molecule has 1 aromatic heterocycles. The highest BCUT2D eigenvalue weighted by Gasteiger charge is 2.30. The van der Waals surface area contributed by atoms with Crippen molar-refractivity contribution in [1.29, 1.82) is 0 Å². The van der Waals surface area contributed by atoms with Crippen molar-refractivity contribution in [3.63, 3.8) is 0 Å². The number of carboxylic acids is 1. The number of rotatable bonds is 3. The van der Waals surface area contributed by atoms with Crippen LogP contribution in [0.3, 0.4) is 0 Å². The molecule has 0 radical (unpaired) electrons. The summed E-state index contributed by atoms with van der Waals surface area (Å²) in [7, 11) is 1.58. The van der Waals surface area contributed by atoms with E-state index in [0.717, 1.165) is 0 Å². The zero-order chi connectivity index (χ0) is 14.0. The Balaban J connectivity index is 2.05. The van der Waals surface area contributed by atoms with Crippen molar-refractivity contribution in [2.75, 3.05) is 0 Å². The van der Waals surface area contributed by atoms with E-state index >= 15 is 0 Å². The molecular weight excluding hydrogens is 248 g/mol. The third kappa shape index (κ3) is 2.83. The van der Waals surface area contributed by atoms with Crippen LogP contribution in [0.15, 0.2) is 23.1 Å². The lowest BCUT2D eigenvalue weighted by Gasteiger charge is -2.12. The van der Waals surface area contributed by atoms with Crippen LogP contribution in [0.1, 0.15) is 29.6 Å². The van der Waals surface area contributed by atoms with E-state index in [1.165, 1.54) is 10.6 Å². The second kappa shape index (κ2) is 5.26. The quantitative estimate of drug-likeness (QED) is 0.825. The minimum Gasteiger partial charge on any atom is -0.481 e. The van der Waals surface area contributed by atoms with E-state index in [9.17, 15) is 14.4 Å². The fourth-order valence-electron chi connectivity index (χ4n) is 2.37. The van der Waals surface area contributed by atoms with Gasteiger partial charge in [-0.1, -0.05) is 0 Å². The highest BCUT2D eigenvalue weighted by molar-refractivity contribution is 5.94. The van der Waals surface area contributed by atoms with Crippen molar-refractivity contribution in [3.05, 3.63) is 34.2 Å². The minimum atomic E-state index is -0.827. The van der Waals surface area contributed by atoms with Crippen LogP contribution < -0.4 is 10.9 Å². The molecule has 1 heterocycles. The summed E-state index contributed by atoms with van der Waals surface area (Å²) in [6, 6.07) is 2.94. The molecular formula is C13H16N2O4. The van der Waals surface area contributed by atoms with Crippen LogP contribution in [0, 0.1) is 5.92 Å². The molecule has 0 spiro atoms. The molecule has 6 heteroatoms. The van der Waals surface area contributed by atoms with Gasteiger partial charge in [-0.15, -0.1) is 0 Å². The SMILES string of the molecule is Cn1cccc(C(=O)N[C@H]2CC[C@@H](C(=O)O)C2)c1=O. The highest BCUT2D eigenvalue weighted by Crippen LogP contribution is 2.25. The Kier molecular flexibility index (Phi) is 3.69. The lowest BCUT2D eigenvalue weighted by molar-refractivity contribution is -0.141. The maximum Gasteiger partial charge on any atom is 0.306 e. The summed E-state index contributed by atoms with van der Waals surface area (Å²) in [6.45, 7) is 0. The molecule has 2 N–H and O–H groups in total. The average Bonchev–Trinajstić information content (AvgIpc) is 2.81. The molecule has 1 aliphatic rings. The molecule has 102 valence electrons. The molecule has 0 saturated heterocycles. The van der Waals surface area contributed by atoms with Crippen molar-refractivity contribution in [1.82, 2.24) is 9.88 Å². The number of aryl methyl sites for hydroxylation is 1. The smallest absolute Gasteiger partial charge is 0.306 e.